The van der Waals surface area contributed by atoms with Crippen LogP contribution >= 0.6 is 11.3 Å². The lowest BCUT2D eigenvalue weighted by atomic mass is 10.4. The number of ketones is 1. The lowest BCUT2D eigenvalue weighted by molar-refractivity contribution is 0.101. The minimum atomic E-state index is 0.000685. The molecule has 4 nitrogen and oxygen atoms in total. The predicted molar refractivity (Wildman–Crippen MR) is 58.7 cm³/mol. The van der Waals surface area contributed by atoms with Gasteiger partial charge in [0.2, 0.25) is 0 Å². The van der Waals surface area contributed by atoms with Crippen LogP contribution in [-0.2, 0) is 0 Å². The third kappa shape index (κ3) is 1.70. The smallest absolute Gasteiger partial charge is 0.188 e. The highest BCUT2D eigenvalue weighted by Gasteiger charge is 2.10. The molecule has 0 radical (unpaired) electrons. The Morgan fingerprint density at radius 3 is 2.67 bits per heavy atom. The number of rotatable bonds is 2. The molecule has 0 spiro atoms. The number of carbonyl (C=O) groups is 1. The van der Waals surface area contributed by atoms with Gasteiger partial charge >= 0.3 is 0 Å². The first-order valence-electron chi connectivity index (χ1n) is 4.57. The average molecular weight is 221 g/mol. The van der Waals surface area contributed by atoms with Crippen molar-refractivity contribution in [3.8, 4) is 5.82 Å². The van der Waals surface area contributed by atoms with E-state index in [-0.39, 0.29) is 5.78 Å². The highest BCUT2D eigenvalue weighted by molar-refractivity contribution is 7.11. The minimum Gasteiger partial charge on any atom is -0.292 e. The highest BCUT2D eigenvalue weighted by Crippen LogP contribution is 2.17. The Morgan fingerprint density at radius 2 is 2.20 bits per heavy atom. The van der Waals surface area contributed by atoms with Crippen LogP contribution in [0.15, 0.2) is 11.7 Å². The molecule has 0 atom stereocenters. The first-order chi connectivity index (χ1) is 7.09. The second kappa shape index (κ2) is 3.58. The van der Waals surface area contributed by atoms with E-state index in [0.717, 1.165) is 17.2 Å². The van der Waals surface area contributed by atoms with Crippen molar-refractivity contribution in [1.29, 1.82) is 0 Å². The molecule has 0 saturated heterocycles. The first-order valence-corrected chi connectivity index (χ1v) is 5.45. The largest absolute Gasteiger partial charge is 0.292 e. The molecule has 0 amide bonds. The van der Waals surface area contributed by atoms with Gasteiger partial charge < -0.3 is 0 Å². The van der Waals surface area contributed by atoms with Gasteiger partial charge in [-0.05, 0) is 13.8 Å². The molecular weight excluding hydrogens is 210 g/mol. The molecule has 0 aromatic carbocycles. The van der Waals surface area contributed by atoms with Crippen LogP contribution < -0.4 is 0 Å². The summed E-state index contributed by atoms with van der Waals surface area (Å²) < 4.78 is 1.89. The van der Waals surface area contributed by atoms with E-state index in [1.165, 1.54) is 18.3 Å². The first kappa shape index (κ1) is 10.0. The maximum Gasteiger partial charge on any atom is 0.188 e. The van der Waals surface area contributed by atoms with Crippen molar-refractivity contribution in [3.05, 3.63) is 28.1 Å². The fraction of sp³-hybridized carbons (Fsp3) is 0.300. The Morgan fingerprint density at radius 1 is 1.47 bits per heavy atom. The van der Waals surface area contributed by atoms with E-state index in [1.54, 1.807) is 6.33 Å². The van der Waals surface area contributed by atoms with Crippen LogP contribution in [0.1, 0.15) is 28.1 Å². The number of hydrogen-bond acceptors (Lipinski definition) is 4. The molecule has 78 valence electrons. The van der Waals surface area contributed by atoms with Gasteiger partial charge in [0.05, 0.1) is 5.69 Å². The van der Waals surface area contributed by atoms with Crippen molar-refractivity contribution in [2.45, 2.75) is 20.8 Å². The summed E-state index contributed by atoms with van der Waals surface area (Å²) in [5, 5.41) is 2.40. The van der Waals surface area contributed by atoms with E-state index in [2.05, 4.69) is 9.97 Å². The third-order valence-electron chi connectivity index (χ3n) is 2.29. The molecule has 0 aliphatic rings. The SMILES string of the molecule is CC(=O)c1nc(-n2cnc(C)c2C)cs1. The summed E-state index contributed by atoms with van der Waals surface area (Å²) >= 11 is 1.36. The van der Waals surface area contributed by atoms with E-state index in [4.69, 9.17) is 0 Å². The summed E-state index contributed by atoms with van der Waals surface area (Å²) in [7, 11) is 0. The molecule has 2 rings (SSSR count). The second-order valence-corrected chi connectivity index (χ2v) is 4.21. The number of Topliss-reactive ketones (excluding diaryl/α,β-unsaturated/α-hetero) is 1. The van der Waals surface area contributed by atoms with Crippen molar-refractivity contribution in [2.24, 2.45) is 0 Å². The highest BCUT2D eigenvalue weighted by atomic mass is 32.1. The average Bonchev–Trinajstić information content (AvgIpc) is 2.76. The van der Waals surface area contributed by atoms with Crippen molar-refractivity contribution in [2.75, 3.05) is 0 Å². The van der Waals surface area contributed by atoms with Gasteiger partial charge in [0, 0.05) is 18.0 Å². The fourth-order valence-electron chi connectivity index (χ4n) is 1.27. The minimum absolute atomic E-state index is 0.000685. The van der Waals surface area contributed by atoms with Crippen LogP contribution in [0.2, 0.25) is 0 Å². The van der Waals surface area contributed by atoms with Crippen LogP contribution in [-0.4, -0.2) is 20.3 Å². The standard InChI is InChI=1S/C10H11N3OS/c1-6-7(2)13(5-11-6)9-4-15-10(12-9)8(3)14/h4-5H,1-3H3. The van der Waals surface area contributed by atoms with E-state index in [9.17, 15) is 4.79 Å². The molecule has 0 aliphatic heterocycles. The monoisotopic (exact) mass is 221 g/mol. The van der Waals surface area contributed by atoms with Crippen molar-refractivity contribution < 1.29 is 4.79 Å². The zero-order valence-electron chi connectivity index (χ0n) is 8.81. The molecule has 0 N–H and O–H groups in total. The number of carbonyl (C=O) groups excluding carboxylic acids is 1. The van der Waals surface area contributed by atoms with E-state index >= 15 is 0 Å². The van der Waals surface area contributed by atoms with Crippen LogP contribution in [0.25, 0.3) is 5.82 Å². The predicted octanol–water partition coefficient (Wildman–Crippen LogP) is 2.15. The molecule has 0 fully saturated rings. The Balaban J connectivity index is 2.46. The van der Waals surface area contributed by atoms with Gasteiger partial charge in [-0.1, -0.05) is 0 Å². The zero-order chi connectivity index (χ0) is 11.0. The van der Waals surface area contributed by atoms with E-state index in [0.29, 0.717) is 5.01 Å². The van der Waals surface area contributed by atoms with E-state index in [1.807, 2.05) is 23.8 Å². The Kier molecular flexibility index (Phi) is 2.40. The van der Waals surface area contributed by atoms with Gasteiger partial charge in [-0.2, -0.15) is 0 Å². The molecule has 5 heteroatoms. The molecule has 0 aliphatic carbocycles. The van der Waals surface area contributed by atoms with Crippen LogP contribution in [0.3, 0.4) is 0 Å². The summed E-state index contributed by atoms with van der Waals surface area (Å²) in [6.45, 7) is 5.45. The summed E-state index contributed by atoms with van der Waals surface area (Å²) in [6.07, 6.45) is 1.73. The second-order valence-electron chi connectivity index (χ2n) is 3.35. The normalized spacial score (nSPS) is 10.6. The summed E-state index contributed by atoms with van der Waals surface area (Å²) in [5.41, 5.74) is 2.03. The van der Waals surface area contributed by atoms with Gasteiger partial charge in [-0.3, -0.25) is 9.36 Å². The van der Waals surface area contributed by atoms with E-state index < -0.39 is 0 Å². The maximum atomic E-state index is 11.1. The third-order valence-corrected chi connectivity index (χ3v) is 3.22. The molecule has 0 saturated carbocycles. The number of hydrogen-bond donors (Lipinski definition) is 0. The zero-order valence-corrected chi connectivity index (χ0v) is 9.63. The van der Waals surface area contributed by atoms with Crippen molar-refractivity contribution >= 4 is 17.1 Å². The quantitative estimate of drug-likeness (QED) is 0.730. The lowest BCUT2D eigenvalue weighted by Crippen LogP contribution is -1.97. The number of thiazole rings is 1. The van der Waals surface area contributed by atoms with Gasteiger partial charge in [0.15, 0.2) is 10.8 Å². The van der Waals surface area contributed by atoms with Crippen molar-refractivity contribution in [3.63, 3.8) is 0 Å². The number of aryl methyl sites for hydroxylation is 1. The summed E-state index contributed by atoms with van der Waals surface area (Å²) in [5.74, 6) is 0.768. The molecule has 15 heavy (non-hydrogen) atoms. The molecule has 0 bridgehead atoms. The number of nitrogens with zero attached hydrogens (tertiary/aromatic N) is 3. The number of imidazole rings is 1. The topological polar surface area (TPSA) is 47.8 Å². The van der Waals surface area contributed by atoms with Crippen LogP contribution in [0.4, 0.5) is 0 Å². The van der Waals surface area contributed by atoms with Crippen molar-refractivity contribution in [1.82, 2.24) is 14.5 Å². The van der Waals surface area contributed by atoms with Crippen LogP contribution in [0.5, 0.6) is 0 Å². The Labute approximate surface area is 91.6 Å². The summed E-state index contributed by atoms with van der Waals surface area (Å²) in [6, 6.07) is 0. The molecule has 0 unspecified atom stereocenters. The maximum absolute atomic E-state index is 11.1. The molecule has 2 aromatic heterocycles. The molecule has 2 heterocycles. The van der Waals surface area contributed by atoms with Gasteiger partial charge in [0.1, 0.15) is 12.1 Å². The van der Waals surface area contributed by atoms with Gasteiger partial charge in [-0.25, -0.2) is 9.97 Å². The number of aromatic nitrogens is 3. The fourth-order valence-corrected chi connectivity index (χ4v) is 1.96. The Bertz CT molecular complexity index is 512. The van der Waals surface area contributed by atoms with Gasteiger partial charge in [-0.15, -0.1) is 11.3 Å². The Hall–Kier alpha value is -1.49. The lowest BCUT2D eigenvalue weighted by Gasteiger charge is -1.99. The summed E-state index contributed by atoms with van der Waals surface area (Å²) in [4.78, 5) is 19.5. The van der Waals surface area contributed by atoms with Crippen LogP contribution in [0, 0.1) is 13.8 Å². The molecular formula is C10H11N3OS. The molecule has 2 aromatic rings. The van der Waals surface area contributed by atoms with Gasteiger partial charge in [0.25, 0.3) is 0 Å².